The molecule has 0 amide bonds. The third-order valence-corrected chi connectivity index (χ3v) is 6.57. The van der Waals surface area contributed by atoms with Crippen molar-refractivity contribution in [3.8, 4) is 0 Å². The van der Waals surface area contributed by atoms with Gasteiger partial charge in [0.05, 0.1) is 12.4 Å². The normalized spacial score (nSPS) is 12.1. The first-order valence-electron chi connectivity index (χ1n) is 12.0. The molecule has 5 heteroatoms. The van der Waals surface area contributed by atoms with Gasteiger partial charge in [0.2, 0.25) is 0 Å². The second-order valence-corrected chi connectivity index (χ2v) is 10.3. The van der Waals surface area contributed by atoms with E-state index >= 15 is 0 Å². The number of rotatable bonds is 22. The van der Waals surface area contributed by atoms with Crippen molar-refractivity contribution in [2.75, 3.05) is 33.0 Å². The highest BCUT2D eigenvalue weighted by molar-refractivity contribution is 7.86. The van der Waals surface area contributed by atoms with Crippen LogP contribution in [0.2, 0.25) is 0 Å². The molecule has 0 aliphatic carbocycles. The lowest BCUT2D eigenvalue weighted by Gasteiger charge is -2.09. The molecule has 0 aromatic rings. The van der Waals surface area contributed by atoms with E-state index in [4.69, 9.17) is 4.18 Å². The fraction of sp³-hybridized carbons (Fsp3) is 1.00. The van der Waals surface area contributed by atoms with Gasteiger partial charge in [0.25, 0.3) is 10.1 Å². The Morgan fingerprint density at radius 3 is 1.39 bits per heavy atom. The van der Waals surface area contributed by atoms with Crippen LogP contribution in [-0.4, -0.2) is 46.3 Å². The van der Waals surface area contributed by atoms with E-state index in [-0.39, 0.29) is 5.75 Å². The Labute approximate surface area is 176 Å². The third kappa shape index (κ3) is 22.2. The lowest BCUT2D eigenvalue weighted by molar-refractivity contribution is 0.304. The second kappa shape index (κ2) is 20.2. The lowest BCUT2D eigenvalue weighted by atomic mass is 10.0. The second-order valence-electron chi connectivity index (χ2n) is 8.54. The summed E-state index contributed by atoms with van der Waals surface area (Å²) in [7, 11) is 0.572. The topological polar surface area (TPSA) is 46.6 Å². The van der Waals surface area contributed by atoms with Crippen LogP contribution in [0, 0.1) is 0 Å². The molecule has 0 aromatic heterocycles. The quantitative estimate of drug-likeness (QED) is 0.147. The summed E-state index contributed by atoms with van der Waals surface area (Å²) in [6, 6.07) is 0. The maximum absolute atomic E-state index is 11.7. The molecule has 0 atom stereocenters. The summed E-state index contributed by atoms with van der Waals surface area (Å²) < 4.78 is 28.5. The molecule has 0 saturated heterocycles. The average Bonchev–Trinajstić information content (AvgIpc) is 2.63. The summed E-state index contributed by atoms with van der Waals surface area (Å²) >= 11 is 0. The largest absolute Gasteiger partial charge is 0.309 e. The van der Waals surface area contributed by atoms with Gasteiger partial charge in [-0.25, -0.2) is 0 Å². The maximum atomic E-state index is 11.7. The molecule has 170 valence electrons. The Morgan fingerprint density at radius 1 is 0.607 bits per heavy atom. The van der Waals surface area contributed by atoms with Crippen molar-refractivity contribution >= 4 is 10.1 Å². The van der Waals surface area contributed by atoms with Gasteiger partial charge in [0.1, 0.15) is 0 Å². The molecule has 28 heavy (non-hydrogen) atoms. The van der Waals surface area contributed by atoms with Gasteiger partial charge in [0, 0.05) is 0 Å². The van der Waals surface area contributed by atoms with Crippen molar-refractivity contribution in [3.05, 3.63) is 0 Å². The molecule has 0 radical (unpaired) electrons. The standard InChI is InChI=1S/C23H49NO3S/c1-4-5-6-7-8-9-10-11-12-13-14-15-16-17-18-19-22-27-28(25,26)23-20-21-24(2)3/h4-23H2,1-3H3. The van der Waals surface area contributed by atoms with E-state index in [0.717, 1.165) is 19.4 Å². The van der Waals surface area contributed by atoms with E-state index in [0.29, 0.717) is 13.0 Å². The molecule has 0 aromatic carbocycles. The molecule has 0 rings (SSSR count). The van der Waals surface area contributed by atoms with Crippen LogP contribution < -0.4 is 0 Å². The van der Waals surface area contributed by atoms with Gasteiger partial charge in [-0.3, -0.25) is 4.18 Å². The van der Waals surface area contributed by atoms with Gasteiger partial charge in [-0.1, -0.05) is 103 Å². The van der Waals surface area contributed by atoms with Crippen molar-refractivity contribution in [1.29, 1.82) is 0 Å². The van der Waals surface area contributed by atoms with E-state index in [1.165, 1.54) is 89.9 Å². The Morgan fingerprint density at radius 2 is 1.00 bits per heavy atom. The first-order chi connectivity index (χ1) is 13.5. The minimum absolute atomic E-state index is 0.129. The van der Waals surface area contributed by atoms with Crippen LogP contribution in [0.5, 0.6) is 0 Å². The molecule has 0 aliphatic heterocycles. The molecule has 0 N–H and O–H groups in total. The SMILES string of the molecule is CCCCCCCCCCCCCCCCCCOS(=O)(=O)CCCN(C)C. The highest BCUT2D eigenvalue weighted by Crippen LogP contribution is 2.13. The summed E-state index contributed by atoms with van der Waals surface area (Å²) in [6.45, 7) is 3.40. The Kier molecular flexibility index (Phi) is 20.1. The van der Waals surface area contributed by atoms with Crippen molar-refractivity contribution in [3.63, 3.8) is 0 Å². The van der Waals surface area contributed by atoms with E-state index in [1.807, 2.05) is 19.0 Å². The first kappa shape index (κ1) is 27.9. The van der Waals surface area contributed by atoms with Crippen molar-refractivity contribution in [1.82, 2.24) is 4.90 Å². The Bertz CT molecular complexity index is 410. The van der Waals surface area contributed by atoms with Gasteiger partial charge < -0.3 is 4.90 Å². The minimum Gasteiger partial charge on any atom is -0.309 e. The molecular formula is C23H49NO3S. The van der Waals surface area contributed by atoms with Crippen LogP contribution in [0.25, 0.3) is 0 Å². The predicted octanol–water partition coefficient (Wildman–Crippen LogP) is 6.55. The van der Waals surface area contributed by atoms with E-state index in [9.17, 15) is 8.42 Å². The van der Waals surface area contributed by atoms with Crippen LogP contribution in [0.3, 0.4) is 0 Å². The fourth-order valence-electron chi connectivity index (χ4n) is 3.45. The molecule has 0 aliphatic rings. The highest BCUT2D eigenvalue weighted by atomic mass is 32.2. The summed E-state index contributed by atoms with van der Waals surface area (Å²) in [5.74, 6) is 0.129. The summed E-state index contributed by atoms with van der Waals surface area (Å²) in [5, 5.41) is 0. The van der Waals surface area contributed by atoms with Crippen molar-refractivity contribution in [2.45, 2.75) is 116 Å². The number of hydrogen-bond acceptors (Lipinski definition) is 4. The Balaban J connectivity index is 3.23. The smallest absolute Gasteiger partial charge is 0.267 e. The summed E-state index contributed by atoms with van der Waals surface area (Å²) in [4.78, 5) is 1.99. The summed E-state index contributed by atoms with van der Waals surface area (Å²) in [5.41, 5.74) is 0. The van der Waals surface area contributed by atoms with Gasteiger partial charge in [0.15, 0.2) is 0 Å². The highest BCUT2D eigenvalue weighted by Gasteiger charge is 2.10. The number of nitrogens with zero attached hydrogens (tertiary/aromatic N) is 1. The minimum atomic E-state index is -3.32. The van der Waals surface area contributed by atoms with E-state index in [1.54, 1.807) is 0 Å². The van der Waals surface area contributed by atoms with Gasteiger partial charge >= 0.3 is 0 Å². The van der Waals surface area contributed by atoms with Crippen LogP contribution >= 0.6 is 0 Å². The molecule has 0 unspecified atom stereocenters. The van der Waals surface area contributed by atoms with E-state index < -0.39 is 10.1 Å². The van der Waals surface area contributed by atoms with Crippen LogP contribution in [-0.2, 0) is 14.3 Å². The zero-order valence-corrected chi connectivity index (χ0v) is 20.0. The Hall–Kier alpha value is -0.130. The van der Waals surface area contributed by atoms with Crippen LogP contribution in [0.15, 0.2) is 0 Å². The van der Waals surface area contributed by atoms with Gasteiger partial charge in [-0.05, 0) is 33.5 Å². The predicted molar refractivity (Wildman–Crippen MR) is 122 cm³/mol. The lowest BCUT2D eigenvalue weighted by Crippen LogP contribution is -2.18. The molecule has 0 spiro atoms. The van der Waals surface area contributed by atoms with Crippen molar-refractivity contribution in [2.24, 2.45) is 0 Å². The van der Waals surface area contributed by atoms with Crippen LogP contribution in [0.4, 0.5) is 0 Å². The molecule has 0 bridgehead atoms. The van der Waals surface area contributed by atoms with Crippen molar-refractivity contribution < 1.29 is 12.6 Å². The average molecular weight is 420 g/mol. The fourth-order valence-corrected chi connectivity index (χ4v) is 4.42. The van der Waals surface area contributed by atoms with Crippen LogP contribution in [0.1, 0.15) is 116 Å². The molecule has 0 heterocycles. The molecule has 4 nitrogen and oxygen atoms in total. The molecule has 0 saturated carbocycles. The molecular weight excluding hydrogens is 370 g/mol. The van der Waals surface area contributed by atoms with Gasteiger partial charge in [-0.15, -0.1) is 0 Å². The summed E-state index contributed by atoms with van der Waals surface area (Å²) in [6.07, 6.45) is 21.8. The third-order valence-electron chi connectivity index (χ3n) is 5.26. The first-order valence-corrected chi connectivity index (χ1v) is 13.6. The zero-order valence-electron chi connectivity index (χ0n) is 19.2. The number of hydrogen-bond donors (Lipinski definition) is 0. The van der Waals surface area contributed by atoms with Gasteiger partial charge in [-0.2, -0.15) is 8.42 Å². The number of unbranched alkanes of at least 4 members (excludes halogenated alkanes) is 15. The zero-order chi connectivity index (χ0) is 20.9. The molecule has 0 fully saturated rings. The van der Waals surface area contributed by atoms with E-state index in [2.05, 4.69) is 6.92 Å². The maximum Gasteiger partial charge on any atom is 0.267 e. The monoisotopic (exact) mass is 419 g/mol.